The predicted molar refractivity (Wildman–Crippen MR) is 72.7 cm³/mol. The lowest BCUT2D eigenvalue weighted by molar-refractivity contribution is 0.101. The maximum absolute atomic E-state index is 11.4. The van der Waals surface area contributed by atoms with Gasteiger partial charge in [0, 0.05) is 30.1 Å². The monoisotopic (exact) mass is 248 g/mol. The summed E-state index contributed by atoms with van der Waals surface area (Å²) in [5.41, 5.74) is 8.00. The van der Waals surface area contributed by atoms with E-state index in [1.165, 1.54) is 6.92 Å². The highest BCUT2D eigenvalue weighted by Gasteiger charge is 2.41. The second-order valence-corrected chi connectivity index (χ2v) is 5.19. The minimum Gasteiger partial charge on any atom is -0.398 e. The molecule has 0 unspecified atom stereocenters. The zero-order valence-electron chi connectivity index (χ0n) is 10.7. The zero-order chi connectivity index (χ0) is 13.2. The number of hydrogen-bond acceptors (Lipinski definition) is 4. The molecule has 4 nitrogen and oxygen atoms in total. The van der Waals surface area contributed by atoms with Crippen molar-refractivity contribution < 1.29 is 9.90 Å². The maximum atomic E-state index is 11.4. The largest absolute Gasteiger partial charge is 0.398 e. The lowest BCUT2D eigenvalue weighted by atomic mass is 10.0. The maximum Gasteiger partial charge on any atom is 0.161 e. The topological polar surface area (TPSA) is 75.3 Å². The van der Waals surface area contributed by atoms with Crippen molar-refractivity contribution in [2.24, 2.45) is 5.41 Å². The van der Waals surface area contributed by atoms with E-state index in [1.54, 1.807) is 12.1 Å². The summed E-state index contributed by atoms with van der Waals surface area (Å²) in [5.74, 6) is -0.0207. The Kier molecular flexibility index (Phi) is 3.57. The van der Waals surface area contributed by atoms with Crippen molar-refractivity contribution in [2.75, 3.05) is 24.2 Å². The fourth-order valence-corrected chi connectivity index (χ4v) is 2.19. The van der Waals surface area contributed by atoms with Gasteiger partial charge >= 0.3 is 0 Å². The molecule has 1 saturated carbocycles. The van der Waals surface area contributed by atoms with Gasteiger partial charge in [0.15, 0.2) is 5.78 Å². The lowest BCUT2D eigenvalue weighted by Gasteiger charge is -2.16. The van der Waals surface area contributed by atoms with Crippen molar-refractivity contribution in [3.05, 3.63) is 23.8 Å². The third kappa shape index (κ3) is 2.82. The highest BCUT2D eigenvalue weighted by atomic mass is 16.3. The van der Waals surface area contributed by atoms with Crippen LogP contribution in [0.25, 0.3) is 0 Å². The molecule has 0 radical (unpaired) electrons. The normalized spacial score (nSPS) is 16.3. The standard InChI is InChI=1S/C14H20N2O2/c1-10(18)12-8-11(2-3-13(12)15)16-9-14(4-5-14)6-7-17/h2-3,8,16-17H,4-7,9,15H2,1H3. The van der Waals surface area contributed by atoms with Crippen molar-refractivity contribution in [1.29, 1.82) is 0 Å². The van der Waals surface area contributed by atoms with E-state index in [2.05, 4.69) is 5.32 Å². The van der Waals surface area contributed by atoms with Gasteiger partial charge in [0.2, 0.25) is 0 Å². The summed E-state index contributed by atoms with van der Waals surface area (Å²) in [6, 6.07) is 5.44. The molecule has 0 bridgehead atoms. The van der Waals surface area contributed by atoms with E-state index >= 15 is 0 Å². The number of anilines is 2. The minimum atomic E-state index is -0.0207. The summed E-state index contributed by atoms with van der Waals surface area (Å²) >= 11 is 0. The molecule has 0 aliphatic heterocycles. The van der Waals surface area contributed by atoms with E-state index in [0.29, 0.717) is 11.3 Å². The number of aliphatic hydroxyl groups excluding tert-OH is 1. The van der Waals surface area contributed by atoms with Crippen molar-refractivity contribution in [1.82, 2.24) is 0 Å². The molecule has 0 heterocycles. The molecule has 4 heteroatoms. The van der Waals surface area contributed by atoms with E-state index < -0.39 is 0 Å². The fourth-order valence-electron chi connectivity index (χ4n) is 2.19. The second kappa shape index (κ2) is 4.98. The third-order valence-electron chi connectivity index (χ3n) is 3.70. The molecule has 0 saturated heterocycles. The van der Waals surface area contributed by atoms with Crippen LogP contribution in [0.3, 0.4) is 0 Å². The lowest BCUT2D eigenvalue weighted by Crippen LogP contribution is -2.17. The molecular formula is C14H20N2O2. The Balaban J connectivity index is 2.02. The summed E-state index contributed by atoms with van der Waals surface area (Å²) in [5, 5.41) is 12.3. The van der Waals surface area contributed by atoms with E-state index in [0.717, 1.165) is 31.5 Å². The van der Waals surface area contributed by atoms with Gasteiger partial charge in [0.05, 0.1) is 0 Å². The second-order valence-electron chi connectivity index (χ2n) is 5.19. The van der Waals surface area contributed by atoms with Gasteiger partial charge in [-0.3, -0.25) is 4.79 Å². The Hall–Kier alpha value is -1.55. The molecule has 0 amide bonds. The Bertz CT molecular complexity index is 453. The highest BCUT2D eigenvalue weighted by molar-refractivity contribution is 6.00. The van der Waals surface area contributed by atoms with Gasteiger partial charge in [0.25, 0.3) is 0 Å². The third-order valence-corrected chi connectivity index (χ3v) is 3.70. The Morgan fingerprint density at radius 1 is 1.50 bits per heavy atom. The number of nitrogens with one attached hydrogen (secondary N) is 1. The SMILES string of the molecule is CC(=O)c1cc(NCC2(CCO)CC2)ccc1N. The molecule has 1 aliphatic rings. The van der Waals surface area contributed by atoms with Crippen LogP contribution in [0.15, 0.2) is 18.2 Å². The summed E-state index contributed by atoms with van der Waals surface area (Å²) in [6.45, 7) is 2.60. The Morgan fingerprint density at radius 3 is 2.78 bits per heavy atom. The minimum absolute atomic E-state index is 0.0207. The van der Waals surface area contributed by atoms with E-state index in [1.807, 2.05) is 6.07 Å². The quantitative estimate of drug-likeness (QED) is 0.532. The van der Waals surface area contributed by atoms with Gasteiger partial charge in [-0.25, -0.2) is 0 Å². The molecule has 0 aromatic heterocycles. The van der Waals surface area contributed by atoms with Gasteiger partial charge < -0.3 is 16.2 Å². The van der Waals surface area contributed by atoms with Crippen LogP contribution < -0.4 is 11.1 Å². The molecule has 1 aliphatic carbocycles. The van der Waals surface area contributed by atoms with E-state index in [9.17, 15) is 4.79 Å². The summed E-state index contributed by atoms with van der Waals surface area (Å²) in [7, 11) is 0. The number of rotatable bonds is 6. The Morgan fingerprint density at radius 2 is 2.22 bits per heavy atom. The van der Waals surface area contributed by atoms with Crippen molar-refractivity contribution in [3.8, 4) is 0 Å². The molecule has 4 N–H and O–H groups in total. The first-order chi connectivity index (χ1) is 8.56. The average molecular weight is 248 g/mol. The van der Waals surface area contributed by atoms with Crippen molar-refractivity contribution in [3.63, 3.8) is 0 Å². The van der Waals surface area contributed by atoms with Gasteiger partial charge in [-0.2, -0.15) is 0 Å². The van der Waals surface area contributed by atoms with Crippen LogP contribution in [0, 0.1) is 5.41 Å². The van der Waals surface area contributed by atoms with Gasteiger partial charge in [-0.05, 0) is 49.8 Å². The first-order valence-corrected chi connectivity index (χ1v) is 6.31. The van der Waals surface area contributed by atoms with E-state index in [4.69, 9.17) is 10.8 Å². The predicted octanol–water partition coefficient (Wildman–Crippen LogP) is 2.05. The molecule has 1 aromatic rings. The highest BCUT2D eigenvalue weighted by Crippen LogP contribution is 2.48. The van der Waals surface area contributed by atoms with Crippen LogP contribution in [0.5, 0.6) is 0 Å². The van der Waals surface area contributed by atoms with Crippen LogP contribution in [-0.4, -0.2) is 24.0 Å². The van der Waals surface area contributed by atoms with Crippen LogP contribution >= 0.6 is 0 Å². The Labute approximate surface area is 107 Å². The van der Waals surface area contributed by atoms with Crippen LogP contribution in [0.2, 0.25) is 0 Å². The molecule has 0 spiro atoms. The molecule has 1 aromatic carbocycles. The van der Waals surface area contributed by atoms with Crippen molar-refractivity contribution >= 4 is 17.2 Å². The van der Waals surface area contributed by atoms with Crippen LogP contribution in [0.4, 0.5) is 11.4 Å². The molecule has 0 atom stereocenters. The van der Waals surface area contributed by atoms with Gasteiger partial charge in [-0.15, -0.1) is 0 Å². The molecular weight excluding hydrogens is 228 g/mol. The number of benzene rings is 1. The van der Waals surface area contributed by atoms with Crippen LogP contribution in [-0.2, 0) is 0 Å². The number of Topliss-reactive ketones (excluding diaryl/α,β-unsaturated/α-hetero) is 1. The summed E-state index contributed by atoms with van der Waals surface area (Å²) < 4.78 is 0. The molecule has 98 valence electrons. The number of hydrogen-bond donors (Lipinski definition) is 3. The number of ketones is 1. The summed E-state index contributed by atoms with van der Waals surface area (Å²) in [4.78, 5) is 11.4. The van der Waals surface area contributed by atoms with Crippen LogP contribution in [0.1, 0.15) is 36.5 Å². The number of carbonyl (C=O) groups excluding carboxylic acids is 1. The van der Waals surface area contributed by atoms with Crippen molar-refractivity contribution in [2.45, 2.75) is 26.2 Å². The van der Waals surface area contributed by atoms with Gasteiger partial charge in [0.1, 0.15) is 0 Å². The average Bonchev–Trinajstić information content (AvgIpc) is 3.08. The first-order valence-electron chi connectivity index (χ1n) is 6.31. The fraction of sp³-hybridized carbons (Fsp3) is 0.500. The molecule has 18 heavy (non-hydrogen) atoms. The van der Waals surface area contributed by atoms with Gasteiger partial charge in [-0.1, -0.05) is 0 Å². The number of carbonyl (C=O) groups is 1. The molecule has 2 rings (SSSR count). The number of nitrogens with two attached hydrogens (primary N) is 1. The summed E-state index contributed by atoms with van der Waals surface area (Å²) in [6.07, 6.45) is 3.17. The number of nitrogen functional groups attached to an aromatic ring is 1. The molecule has 1 fully saturated rings. The number of aliphatic hydroxyl groups is 1. The smallest absolute Gasteiger partial charge is 0.161 e. The first kappa shape index (κ1) is 12.9. The van der Waals surface area contributed by atoms with E-state index in [-0.39, 0.29) is 17.8 Å². The zero-order valence-corrected chi connectivity index (χ0v) is 10.7.